The van der Waals surface area contributed by atoms with Gasteiger partial charge in [-0.1, -0.05) is 42.5 Å². The van der Waals surface area contributed by atoms with Crippen molar-refractivity contribution in [3.63, 3.8) is 0 Å². The molecule has 4 aromatic carbocycles. The number of phenols is 1. The summed E-state index contributed by atoms with van der Waals surface area (Å²) >= 11 is 0. The number of sulfonamides is 1. The van der Waals surface area contributed by atoms with Crippen LogP contribution in [-0.4, -0.2) is 44.4 Å². The summed E-state index contributed by atoms with van der Waals surface area (Å²) in [5, 5.41) is 27.1. The Hall–Kier alpha value is -4.58. The average molecular weight is 592 g/mol. The Morgan fingerprint density at radius 1 is 0.905 bits per heavy atom. The first-order valence-electron chi connectivity index (χ1n) is 13.0. The normalized spacial score (nSPS) is 13.4. The van der Waals surface area contributed by atoms with E-state index in [9.17, 15) is 23.4 Å². The number of carbonyl (C=O) groups excluding carboxylic acids is 1. The zero-order valence-electron chi connectivity index (χ0n) is 23.4. The van der Waals surface area contributed by atoms with E-state index >= 15 is 0 Å². The number of aromatic hydroxyl groups is 1. The minimum Gasteiger partial charge on any atom is -0.506 e. The molecule has 0 aliphatic heterocycles. The molecule has 0 aliphatic carbocycles. The molecule has 0 fully saturated rings. The molecule has 1 amide bonds. The van der Waals surface area contributed by atoms with E-state index in [2.05, 4.69) is 15.4 Å². The molecule has 0 spiro atoms. The molecule has 42 heavy (non-hydrogen) atoms. The van der Waals surface area contributed by atoms with Gasteiger partial charge in [-0.15, -0.1) is 0 Å². The van der Waals surface area contributed by atoms with Crippen LogP contribution in [0, 0.1) is 0 Å². The predicted molar refractivity (Wildman–Crippen MR) is 161 cm³/mol. The van der Waals surface area contributed by atoms with Crippen LogP contribution in [0.2, 0.25) is 0 Å². The highest BCUT2D eigenvalue weighted by Crippen LogP contribution is 2.30. The van der Waals surface area contributed by atoms with Crippen molar-refractivity contribution < 1.29 is 32.9 Å². The molecule has 10 nitrogen and oxygen atoms in total. The van der Waals surface area contributed by atoms with Crippen molar-refractivity contribution in [3.8, 4) is 23.0 Å². The molecule has 5 N–H and O–H groups in total. The lowest BCUT2D eigenvalue weighted by Gasteiger charge is -2.31. The van der Waals surface area contributed by atoms with Crippen LogP contribution >= 0.6 is 0 Å². The second kappa shape index (κ2) is 12.9. The van der Waals surface area contributed by atoms with Gasteiger partial charge in [0.25, 0.3) is 0 Å². The van der Waals surface area contributed by atoms with Crippen molar-refractivity contribution >= 4 is 27.3 Å². The Balaban J connectivity index is 1.57. The molecular weight excluding hydrogens is 558 g/mol. The highest BCUT2D eigenvalue weighted by molar-refractivity contribution is 7.92. The summed E-state index contributed by atoms with van der Waals surface area (Å²) in [4.78, 5) is 13.8. The summed E-state index contributed by atoms with van der Waals surface area (Å²) in [6, 6.07) is 27.3. The number of aliphatic hydroxyl groups is 1. The number of methoxy groups -OCH3 is 1. The SMILES string of the molecule is COc1ccc([C@](C)(NCC(O)c2ccc(O)c(NS(C)(=O)=O)c2)C(=O)Nc2cccc(Oc3ccccc3)c2)cc1. The van der Waals surface area contributed by atoms with Crippen LogP contribution in [0.25, 0.3) is 0 Å². The van der Waals surface area contributed by atoms with E-state index in [0.29, 0.717) is 34.1 Å². The molecule has 4 rings (SSSR count). The third-order valence-electron chi connectivity index (χ3n) is 6.54. The van der Waals surface area contributed by atoms with E-state index in [1.807, 2.05) is 30.3 Å². The van der Waals surface area contributed by atoms with Crippen LogP contribution in [0.1, 0.15) is 24.2 Å². The maximum atomic E-state index is 13.8. The van der Waals surface area contributed by atoms with Crippen LogP contribution < -0.4 is 24.8 Å². The van der Waals surface area contributed by atoms with Gasteiger partial charge in [-0.3, -0.25) is 14.8 Å². The number of para-hydroxylation sites is 1. The molecule has 11 heteroatoms. The number of rotatable bonds is 12. The summed E-state index contributed by atoms with van der Waals surface area (Å²) in [5.74, 6) is 1.12. The lowest BCUT2D eigenvalue weighted by molar-refractivity contribution is -0.122. The fourth-order valence-electron chi connectivity index (χ4n) is 4.22. The topological polar surface area (TPSA) is 146 Å². The van der Waals surface area contributed by atoms with Gasteiger partial charge >= 0.3 is 0 Å². The van der Waals surface area contributed by atoms with Crippen molar-refractivity contribution in [2.24, 2.45) is 0 Å². The maximum Gasteiger partial charge on any atom is 0.249 e. The van der Waals surface area contributed by atoms with Gasteiger partial charge < -0.3 is 25.0 Å². The second-order valence-corrected chi connectivity index (χ2v) is 11.5. The summed E-state index contributed by atoms with van der Waals surface area (Å²) in [7, 11) is -2.11. The molecule has 0 saturated heterocycles. The molecule has 220 valence electrons. The third-order valence-corrected chi connectivity index (χ3v) is 7.13. The number of aliphatic hydroxyl groups excluding tert-OH is 1. The first-order valence-corrected chi connectivity index (χ1v) is 14.9. The third kappa shape index (κ3) is 7.78. The number of phenolic OH excluding ortho intramolecular Hbond substituents is 1. The van der Waals surface area contributed by atoms with Crippen LogP contribution in [-0.2, 0) is 20.4 Å². The molecule has 1 unspecified atom stereocenters. The maximum absolute atomic E-state index is 13.8. The van der Waals surface area contributed by atoms with E-state index in [4.69, 9.17) is 9.47 Å². The Labute approximate surface area is 245 Å². The second-order valence-electron chi connectivity index (χ2n) is 9.80. The summed E-state index contributed by atoms with van der Waals surface area (Å²) in [5.41, 5.74) is 0.0475. The van der Waals surface area contributed by atoms with Crippen molar-refractivity contribution in [2.75, 3.05) is 29.9 Å². The Bertz CT molecular complexity index is 1630. The highest BCUT2D eigenvalue weighted by atomic mass is 32.2. The number of anilines is 2. The molecule has 0 radical (unpaired) electrons. The zero-order valence-corrected chi connectivity index (χ0v) is 24.2. The van der Waals surface area contributed by atoms with Crippen LogP contribution in [0.4, 0.5) is 11.4 Å². The largest absolute Gasteiger partial charge is 0.506 e. The van der Waals surface area contributed by atoms with Crippen molar-refractivity contribution in [3.05, 3.63) is 108 Å². The minimum absolute atomic E-state index is 0.0673. The van der Waals surface area contributed by atoms with Gasteiger partial charge in [0, 0.05) is 18.3 Å². The van der Waals surface area contributed by atoms with E-state index < -0.39 is 27.6 Å². The zero-order chi connectivity index (χ0) is 30.3. The van der Waals surface area contributed by atoms with Gasteiger partial charge in [-0.05, 0) is 66.6 Å². The number of benzene rings is 4. The molecule has 0 bridgehead atoms. The molecule has 0 aliphatic rings. The number of hydrogen-bond donors (Lipinski definition) is 5. The molecular formula is C31H33N3O7S. The van der Waals surface area contributed by atoms with E-state index in [0.717, 1.165) is 6.26 Å². The Morgan fingerprint density at radius 3 is 2.26 bits per heavy atom. The smallest absolute Gasteiger partial charge is 0.249 e. The predicted octanol–water partition coefficient (Wildman–Crippen LogP) is 4.74. The lowest BCUT2D eigenvalue weighted by atomic mass is 9.90. The first kappa shape index (κ1) is 30.4. The molecule has 0 saturated carbocycles. The summed E-state index contributed by atoms with van der Waals surface area (Å²) in [6.07, 6.45) is -0.196. The van der Waals surface area contributed by atoms with Crippen LogP contribution in [0.3, 0.4) is 0 Å². The van der Waals surface area contributed by atoms with Gasteiger partial charge in [-0.25, -0.2) is 8.42 Å². The van der Waals surface area contributed by atoms with Gasteiger partial charge in [-0.2, -0.15) is 0 Å². The van der Waals surface area contributed by atoms with Crippen LogP contribution in [0.15, 0.2) is 97.1 Å². The molecule has 4 aromatic rings. The van der Waals surface area contributed by atoms with Crippen molar-refractivity contribution in [1.82, 2.24) is 5.32 Å². The lowest BCUT2D eigenvalue weighted by Crippen LogP contribution is -2.50. The summed E-state index contributed by atoms with van der Waals surface area (Å²) in [6.45, 7) is 1.60. The highest BCUT2D eigenvalue weighted by Gasteiger charge is 2.36. The van der Waals surface area contributed by atoms with Gasteiger partial charge in [0.2, 0.25) is 15.9 Å². The molecule has 2 atom stereocenters. The van der Waals surface area contributed by atoms with Gasteiger partial charge in [0.1, 0.15) is 28.5 Å². The van der Waals surface area contributed by atoms with Crippen molar-refractivity contribution in [1.29, 1.82) is 0 Å². The van der Waals surface area contributed by atoms with E-state index in [1.54, 1.807) is 62.6 Å². The molecule has 0 aromatic heterocycles. The monoisotopic (exact) mass is 591 g/mol. The number of hydrogen-bond acceptors (Lipinski definition) is 8. The number of nitrogens with one attached hydrogen (secondary N) is 3. The Morgan fingerprint density at radius 2 is 1.60 bits per heavy atom. The number of carbonyl (C=O) groups is 1. The molecule has 0 heterocycles. The Kier molecular flexibility index (Phi) is 9.36. The standard InChI is InChI=1S/C31H33N3O7S/c1-31(22-13-15-24(40-2)16-14-22,32-20-29(36)21-12-17-28(35)27(18-21)34-42(3,38)39)30(37)33-23-8-7-11-26(19-23)41-25-9-5-4-6-10-25/h4-19,29,32,34-36H,20H2,1-3H3,(H,33,37)/t29?,31-/m0/s1. The quantitative estimate of drug-likeness (QED) is 0.149. The number of amides is 1. The summed E-state index contributed by atoms with van der Waals surface area (Å²) < 4.78 is 36.7. The number of ether oxygens (including phenoxy) is 2. The average Bonchev–Trinajstić information content (AvgIpc) is 2.97. The van der Waals surface area contributed by atoms with E-state index in [-0.39, 0.29) is 18.0 Å². The van der Waals surface area contributed by atoms with Crippen molar-refractivity contribution in [2.45, 2.75) is 18.6 Å². The fraction of sp³-hybridized carbons (Fsp3) is 0.194. The van der Waals surface area contributed by atoms with Gasteiger partial charge in [0.15, 0.2) is 0 Å². The first-order chi connectivity index (χ1) is 20.0. The minimum atomic E-state index is -3.66. The van der Waals surface area contributed by atoms with Crippen LogP contribution in [0.5, 0.6) is 23.0 Å². The fourth-order valence-corrected chi connectivity index (χ4v) is 4.78. The van der Waals surface area contributed by atoms with Gasteiger partial charge in [0.05, 0.1) is 25.2 Å². The van der Waals surface area contributed by atoms with E-state index in [1.165, 1.54) is 18.2 Å².